The number of rotatable bonds is 5. The molecule has 2 aromatic carbocycles. The standard InChI is InChI=1S/C16H15IO2.C2H6/c1-19-10-9-12-3-2-4-15(16(12)11-18)13-5-7-14(17)8-6-13;1-2/h2-8,11H,9-10H2,1H3;1-2H3. The van der Waals surface area contributed by atoms with Gasteiger partial charge in [-0.05, 0) is 57.8 Å². The Bertz CT molecular complexity index is 562. The summed E-state index contributed by atoms with van der Waals surface area (Å²) < 4.78 is 6.27. The van der Waals surface area contributed by atoms with E-state index in [2.05, 4.69) is 22.6 Å². The van der Waals surface area contributed by atoms with E-state index in [0.29, 0.717) is 6.61 Å². The fourth-order valence-electron chi connectivity index (χ4n) is 2.06. The molecule has 0 fully saturated rings. The summed E-state index contributed by atoms with van der Waals surface area (Å²) in [4.78, 5) is 11.4. The maximum absolute atomic E-state index is 11.4. The van der Waals surface area contributed by atoms with E-state index >= 15 is 0 Å². The topological polar surface area (TPSA) is 26.3 Å². The van der Waals surface area contributed by atoms with Crippen LogP contribution in [0.5, 0.6) is 0 Å². The molecule has 0 amide bonds. The second-order valence-electron chi connectivity index (χ2n) is 4.25. The molecule has 0 saturated heterocycles. The summed E-state index contributed by atoms with van der Waals surface area (Å²) >= 11 is 2.27. The largest absolute Gasteiger partial charge is 0.384 e. The Balaban J connectivity index is 0.00000106. The van der Waals surface area contributed by atoms with Crippen molar-refractivity contribution in [1.29, 1.82) is 0 Å². The molecule has 0 aliphatic heterocycles. The maximum Gasteiger partial charge on any atom is 0.150 e. The molecule has 2 aromatic rings. The lowest BCUT2D eigenvalue weighted by Crippen LogP contribution is -2.00. The van der Waals surface area contributed by atoms with E-state index in [-0.39, 0.29) is 0 Å². The summed E-state index contributed by atoms with van der Waals surface area (Å²) in [5.41, 5.74) is 3.86. The van der Waals surface area contributed by atoms with E-state index in [1.807, 2.05) is 56.3 Å². The van der Waals surface area contributed by atoms with Crippen molar-refractivity contribution < 1.29 is 9.53 Å². The first kappa shape index (κ1) is 17.9. The van der Waals surface area contributed by atoms with Crippen LogP contribution < -0.4 is 0 Å². The van der Waals surface area contributed by atoms with Crippen molar-refractivity contribution in [3.8, 4) is 11.1 Å². The summed E-state index contributed by atoms with van der Waals surface area (Å²) in [6, 6.07) is 14.2. The SMILES string of the molecule is CC.COCCc1cccc(-c2ccc(I)cc2)c1C=O. The third-order valence-electron chi connectivity index (χ3n) is 3.05. The van der Waals surface area contributed by atoms with Crippen molar-refractivity contribution in [2.45, 2.75) is 20.3 Å². The summed E-state index contributed by atoms with van der Waals surface area (Å²) in [6.07, 6.45) is 1.70. The van der Waals surface area contributed by atoms with Crippen molar-refractivity contribution in [3.63, 3.8) is 0 Å². The maximum atomic E-state index is 11.4. The number of carbonyl (C=O) groups is 1. The van der Waals surface area contributed by atoms with Gasteiger partial charge >= 0.3 is 0 Å². The lowest BCUT2D eigenvalue weighted by molar-refractivity contribution is 0.112. The molecule has 0 radical (unpaired) electrons. The molecule has 0 N–H and O–H groups in total. The molecule has 0 aliphatic carbocycles. The second-order valence-corrected chi connectivity index (χ2v) is 5.49. The molecule has 0 spiro atoms. The Morgan fingerprint density at radius 2 is 1.76 bits per heavy atom. The number of ether oxygens (including phenoxy) is 1. The number of aldehydes is 1. The third-order valence-corrected chi connectivity index (χ3v) is 3.76. The van der Waals surface area contributed by atoms with Crippen molar-refractivity contribution >= 4 is 28.9 Å². The van der Waals surface area contributed by atoms with E-state index in [1.165, 1.54) is 3.57 Å². The Morgan fingerprint density at radius 3 is 2.33 bits per heavy atom. The highest BCUT2D eigenvalue weighted by Crippen LogP contribution is 2.26. The zero-order valence-corrected chi connectivity index (χ0v) is 14.9. The van der Waals surface area contributed by atoms with Crippen LogP contribution in [0.3, 0.4) is 0 Å². The molecular formula is C18H21IO2. The average molecular weight is 396 g/mol. The van der Waals surface area contributed by atoms with Crippen molar-refractivity contribution in [1.82, 2.24) is 0 Å². The third kappa shape index (κ3) is 4.93. The normalized spacial score (nSPS) is 9.71. The molecule has 3 heteroatoms. The fraction of sp³-hybridized carbons (Fsp3) is 0.278. The van der Waals surface area contributed by atoms with E-state index < -0.39 is 0 Å². The van der Waals surface area contributed by atoms with Crippen LogP contribution in [0, 0.1) is 3.57 Å². The predicted molar refractivity (Wildman–Crippen MR) is 96.9 cm³/mol. The highest BCUT2D eigenvalue weighted by atomic mass is 127. The van der Waals surface area contributed by atoms with Crippen LogP contribution in [0.25, 0.3) is 11.1 Å². The van der Waals surface area contributed by atoms with Crippen molar-refractivity contribution in [2.24, 2.45) is 0 Å². The Hall–Kier alpha value is -1.20. The Labute approximate surface area is 140 Å². The fourth-order valence-corrected chi connectivity index (χ4v) is 2.42. The number of hydrogen-bond donors (Lipinski definition) is 0. The van der Waals surface area contributed by atoms with E-state index in [9.17, 15) is 4.79 Å². The molecule has 0 saturated carbocycles. The molecule has 2 rings (SSSR count). The molecular weight excluding hydrogens is 375 g/mol. The average Bonchev–Trinajstić information content (AvgIpc) is 2.55. The smallest absolute Gasteiger partial charge is 0.150 e. The van der Waals surface area contributed by atoms with E-state index in [4.69, 9.17) is 4.74 Å². The number of carbonyl (C=O) groups excluding carboxylic acids is 1. The van der Waals surface area contributed by atoms with E-state index in [1.54, 1.807) is 7.11 Å². The molecule has 0 atom stereocenters. The van der Waals surface area contributed by atoms with Gasteiger partial charge in [0, 0.05) is 16.2 Å². The van der Waals surface area contributed by atoms with Gasteiger partial charge in [-0.3, -0.25) is 4.79 Å². The molecule has 0 aromatic heterocycles. The zero-order chi connectivity index (χ0) is 15.7. The van der Waals surface area contributed by atoms with Crippen molar-refractivity contribution in [3.05, 3.63) is 57.2 Å². The van der Waals surface area contributed by atoms with Gasteiger partial charge in [-0.2, -0.15) is 0 Å². The van der Waals surface area contributed by atoms with Gasteiger partial charge in [0.15, 0.2) is 6.29 Å². The molecule has 0 heterocycles. The zero-order valence-electron chi connectivity index (χ0n) is 12.7. The van der Waals surface area contributed by atoms with Crippen molar-refractivity contribution in [2.75, 3.05) is 13.7 Å². The van der Waals surface area contributed by atoms with Crippen LogP contribution in [0.15, 0.2) is 42.5 Å². The minimum Gasteiger partial charge on any atom is -0.384 e. The summed E-state index contributed by atoms with van der Waals surface area (Å²) in [6.45, 7) is 4.62. The Morgan fingerprint density at radius 1 is 1.10 bits per heavy atom. The van der Waals surface area contributed by atoms with Gasteiger partial charge in [0.05, 0.1) is 6.61 Å². The summed E-state index contributed by atoms with van der Waals surface area (Å²) in [7, 11) is 1.67. The second kappa shape index (κ2) is 9.68. The van der Waals surface area contributed by atoms with Gasteiger partial charge in [-0.15, -0.1) is 0 Å². The van der Waals surface area contributed by atoms with Crippen LogP contribution in [0.1, 0.15) is 29.8 Å². The Kier molecular flexibility index (Phi) is 8.23. The van der Waals surface area contributed by atoms with Gasteiger partial charge in [-0.1, -0.05) is 44.2 Å². The van der Waals surface area contributed by atoms with Gasteiger partial charge in [0.2, 0.25) is 0 Å². The number of benzene rings is 2. The first-order valence-corrected chi connectivity index (χ1v) is 8.16. The van der Waals surface area contributed by atoms with Gasteiger partial charge < -0.3 is 4.74 Å². The van der Waals surface area contributed by atoms with Crippen LogP contribution in [-0.2, 0) is 11.2 Å². The van der Waals surface area contributed by atoms with Crippen LogP contribution >= 0.6 is 22.6 Å². The van der Waals surface area contributed by atoms with Gasteiger partial charge in [0.1, 0.15) is 0 Å². The minimum atomic E-state index is 0.622. The molecule has 21 heavy (non-hydrogen) atoms. The predicted octanol–water partition coefficient (Wildman–Crippen LogP) is 4.99. The summed E-state index contributed by atoms with van der Waals surface area (Å²) in [5, 5.41) is 0. The quantitative estimate of drug-likeness (QED) is 0.526. The van der Waals surface area contributed by atoms with Crippen LogP contribution in [0.2, 0.25) is 0 Å². The molecule has 2 nitrogen and oxygen atoms in total. The van der Waals surface area contributed by atoms with Crippen LogP contribution in [0.4, 0.5) is 0 Å². The monoisotopic (exact) mass is 396 g/mol. The van der Waals surface area contributed by atoms with Gasteiger partial charge in [-0.25, -0.2) is 0 Å². The highest BCUT2D eigenvalue weighted by molar-refractivity contribution is 14.1. The minimum absolute atomic E-state index is 0.622. The first-order chi connectivity index (χ1) is 10.3. The number of halogens is 1. The number of methoxy groups -OCH3 is 1. The molecule has 0 aliphatic rings. The van der Waals surface area contributed by atoms with Gasteiger partial charge in [0.25, 0.3) is 0 Å². The molecule has 0 unspecified atom stereocenters. The van der Waals surface area contributed by atoms with E-state index in [0.717, 1.165) is 35.0 Å². The lowest BCUT2D eigenvalue weighted by atomic mass is 9.95. The first-order valence-electron chi connectivity index (χ1n) is 7.08. The number of hydrogen-bond acceptors (Lipinski definition) is 2. The van der Waals surface area contributed by atoms with Crippen LogP contribution in [-0.4, -0.2) is 20.0 Å². The lowest BCUT2D eigenvalue weighted by Gasteiger charge is -2.10. The summed E-state index contributed by atoms with van der Waals surface area (Å²) in [5.74, 6) is 0. The molecule has 0 bridgehead atoms. The molecule has 112 valence electrons. The highest BCUT2D eigenvalue weighted by Gasteiger charge is 2.09.